The third-order valence-corrected chi connectivity index (χ3v) is 5.75. The molecule has 0 amide bonds. The monoisotopic (exact) mass is 330 g/mol. The molecule has 21 heavy (non-hydrogen) atoms. The van der Waals surface area contributed by atoms with Gasteiger partial charge < -0.3 is 5.11 Å². The highest BCUT2D eigenvalue weighted by molar-refractivity contribution is 7.89. The summed E-state index contributed by atoms with van der Waals surface area (Å²) >= 11 is 6.00. The molecule has 0 saturated heterocycles. The lowest BCUT2D eigenvalue weighted by Crippen LogP contribution is -2.41. The Morgan fingerprint density at radius 3 is 2.48 bits per heavy atom. The lowest BCUT2D eigenvalue weighted by atomic mass is 10.2. The fourth-order valence-electron chi connectivity index (χ4n) is 2.19. The molecule has 0 aliphatic heterocycles. The van der Waals surface area contributed by atoms with Gasteiger partial charge in [0.1, 0.15) is 4.90 Å². The first-order valence-corrected chi connectivity index (χ1v) is 8.56. The molecule has 1 rings (SSSR count). The van der Waals surface area contributed by atoms with Crippen molar-refractivity contribution in [3.63, 3.8) is 0 Å². The van der Waals surface area contributed by atoms with E-state index in [2.05, 4.69) is 0 Å². The molecule has 5 nitrogen and oxygen atoms in total. The molecule has 0 aliphatic carbocycles. The molecule has 0 saturated carbocycles. The Hall–Kier alpha value is -1.13. The van der Waals surface area contributed by atoms with Gasteiger partial charge in [-0.1, -0.05) is 25.4 Å². The van der Waals surface area contributed by atoms with Crippen LogP contribution in [0.25, 0.3) is 0 Å². The number of aliphatic hydroxyl groups is 1. The van der Waals surface area contributed by atoms with Gasteiger partial charge in [0.2, 0.25) is 10.0 Å². The van der Waals surface area contributed by atoms with E-state index >= 15 is 0 Å². The lowest BCUT2D eigenvalue weighted by molar-refractivity contribution is 0.219. The Morgan fingerprint density at radius 2 is 2.00 bits per heavy atom. The van der Waals surface area contributed by atoms with E-state index < -0.39 is 10.0 Å². The highest BCUT2D eigenvalue weighted by Gasteiger charge is 2.31. The van der Waals surface area contributed by atoms with Crippen molar-refractivity contribution in [1.29, 1.82) is 5.26 Å². The second-order valence-electron chi connectivity index (χ2n) is 4.57. The summed E-state index contributed by atoms with van der Waals surface area (Å²) in [4.78, 5) is -0.0939. The Kier molecular flexibility index (Phi) is 6.62. The molecule has 1 N–H and O–H groups in total. The van der Waals surface area contributed by atoms with E-state index in [-0.39, 0.29) is 34.7 Å². The molecule has 7 heteroatoms. The fraction of sp³-hybridized carbons (Fsp3) is 0.500. The van der Waals surface area contributed by atoms with Crippen LogP contribution in [0.5, 0.6) is 0 Å². The average Bonchev–Trinajstić information content (AvgIpc) is 2.47. The largest absolute Gasteiger partial charge is 0.395 e. The van der Waals surface area contributed by atoms with Gasteiger partial charge in [0.15, 0.2) is 0 Å². The topological polar surface area (TPSA) is 81.4 Å². The summed E-state index contributed by atoms with van der Waals surface area (Å²) in [5.74, 6) is 0. The number of sulfonamides is 1. The zero-order chi connectivity index (χ0) is 16.0. The van der Waals surface area contributed by atoms with Gasteiger partial charge in [0.25, 0.3) is 0 Å². The first kappa shape index (κ1) is 17.9. The van der Waals surface area contributed by atoms with E-state index in [1.54, 1.807) is 0 Å². The van der Waals surface area contributed by atoms with Gasteiger partial charge >= 0.3 is 0 Å². The number of aliphatic hydroxyl groups excluding tert-OH is 1. The van der Waals surface area contributed by atoms with Crippen molar-refractivity contribution in [2.24, 2.45) is 0 Å². The zero-order valence-corrected chi connectivity index (χ0v) is 13.7. The van der Waals surface area contributed by atoms with Crippen LogP contribution in [0.1, 0.15) is 32.3 Å². The SMILES string of the molecule is CCC(CC)N(CCO)S(=O)(=O)c1cc(C#N)ccc1Cl. The lowest BCUT2D eigenvalue weighted by Gasteiger charge is -2.29. The van der Waals surface area contributed by atoms with Gasteiger partial charge in [-0.25, -0.2) is 8.42 Å². The molecular weight excluding hydrogens is 312 g/mol. The Morgan fingerprint density at radius 1 is 1.38 bits per heavy atom. The summed E-state index contributed by atoms with van der Waals surface area (Å²) in [6.07, 6.45) is 1.26. The number of halogens is 1. The Bertz CT molecular complexity index is 622. The third kappa shape index (κ3) is 3.95. The minimum Gasteiger partial charge on any atom is -0.395 e. The van der Waals surface area contributed by atoms with Crippen LogP contribution in [0.15, 0.2) is 23.1 Å². The van der Waals surface area contributed by atoms with Crippen molar-refractivity contribution in [3.8, 4) is 6.07 Å². The maximum Gasteiger partial charge on any atom is 0.244 e. The van der Waals surface area contributed by atoms with Gasteiger partial charge in [0.05, 0.1) is 23.3 Å². The normalized spacial score (nSPS) is 11.9. The number of hydrogen-bond donors (Lipinski definition) is 1. The van der Waals surface area contributed by atoms with Crippen LogP contribution >= 0.6 is 11.6 Å². The van der Waals surface area contributed by atoms with Crippen molar-refractivity contribution in [2.45, 2.75) is 37.6 Å². The number of hydrogen-bond acceptors (Lipinski definition) is 4. The fourth-order valence-corrected chi connectivity index (χ4v) is 4.46. The van der Waals surface area contributed by atoms with E-state index in [1.807, 2.05) is 19.9 Å². The van der Waals surface area contributed by atoms with Crippen LogP contribution in [0, 0.1) is 11.3 Å². The molecule has 0 aromatic heterocycles. The Labute approximate surface area is 130 Å². The molecule has 0 bridgehead atoms. The van der Waals surface area contributed by atoms with Gasteiger partial charge in [-0.2, -0.15) is 9.57 Å². The van der Waals surface area contributed by atoms with Gasteiger partial charge in [-0.3, -0.25) is 0 Å². The van der Waals surface area contributed by atoms with E-state index in [1.165, 1.54) is 22.5 Å². The smallest absolute Gasteiger partial charge is 0.244 e. The molecule has 0 heterocycles. The average molecular weight is 331 g/mol. The molecule has 0 aliphatic rings. The van der Waals surface area contributed by atoms with Crippen molar-refractivity contribution in [2.75, 3.05) is 13.2 Å². The van der Waals surface area contributed by atoms with E-state index in [4.69, 9.17) is 22.0 Å². The van der Waals surface area contributed by atoms with E-state index in [0.29, 0.717) is 12.8 Å². The van der Waals surface area contributed by atoms with Crippen LogP contribution in [0.2, 0.25) is 5.02 Å². The maximum atomic E-state index is 12.8. The second-order valence-corrected chi connectivity index (χ2v) is 6.83. The molecule has 1 aromatic carbocycles. The molecule has 0 radical (unpaired) electrons. The number of benzene rings is 1. The van der Waals surface area contributed by atoms with Crippen LogP contribution in [0.4, 0.5) is 0 Å². The van der Waals surface area contributed by atoms with Crippen LogP contribution in [-0.4, -0.2) is 37.0 Å². The summed E-state index contributed by atoms with van der Waals surface area (Å²) in [6, 6.07) is 5.82. The van der Waals surface area contributed by atoms with Crippen LogP contribution < -0.4 is 0 Å². The molecular formula is C14H19ClN2O3S. The van der Waals surface area contributed by atoms with Crippen LogP contribution in [-0.2, 0) is 10.0 Å². The highest BCUT2D eigenvalue weighted by atomic mass is 35.5. The number of nitriles is 1. The predicted molar refractivity (Wildman–Crippen MR) is 81.5 cm³/mol. The van der Waals surface area contributed by atoms with Gasteiger partial charge in [-0.15, -0.1) is 0 Å². The molecule has 1 aromatic rings. The minimum absolute atomic E-state index is 0.00178. The van der Waals surface area contributed by atoms with Crippen molar-refractivity contribution in [3.05, 3.63) is 28.8 Å². The van der Waals surface area contributed by atoms with Crippen molar-refractivity contribution >= 4 is 21.6 Å². The predicted octanol–water partition coefficient (Wildman–Crippen LogP) is 2.38. The summed E-state index contributed by atoms with van der Waals surface area (Å²) in [5, 5.41) is 18.2. The van der Waals surface area contributed by atoms with Gasteiger partial charge in [-0.05, 0) is 31.0 Å². The highest BCUT2D eigenvalue weighted by Crippen LogP contribution is 2.28. The van der Waals surface area contributed by atoms with Crippen LogP contribution in [0.3, 0.4) is 0 Å². The van der Waals surface area contributed by atoms with Gasteiger partial charge in [0, 0.05) is 12.6 Å². The van der Waals surface area contributed by atoms with E-state index in [9.17, 15) is 8.42 Å². The molecule has 0 spiro atoms. The number of rotatable bonds is 7. The minimum atomic E-state index is -3.86. The molecule has 0 atom stereocenters. The first-order valence-electron chi connectivity index (χ1n) is 6.74. The molecule has 0 fully saturated rings. The summed E-state index contributed by atoms with van der Waals surface area (Å²) in [7, 11) is -3.86. The summed E-state index contributed by atoms with van der Waals surface area (Å²) in [5.41, 5.74) is 0.228. The third-order valence-electron chi connectivity index (χ3n) is 3.32. The van der Waals surface area contributed by atoms with Crippen molar-refractivity contribution < 1.29 is 13.5 Å². The standard InChI is InChI=1S/C14H19ClN2O3S/c1-3-12(4-2)17(7-8-18)21(19,20)14-9-11(10-16)5-6-13(14)15/h5-6,9,12,18H,3-4,7-8H2,1-2H3. The van der Waals surface area contributed by atoms with Crippen molar-refractivity contribution in [1.82, 2.24) is 4.31 Å². The number of nitrogens with zero attached hydrogens (tertiary/aromatic N) is 2. The zero-order valence-electron chi connectivity index (χ0n) is 12.1. The Balaban J connectivity index is 3.39. The first-order chi connectivity index (χ1) is 9.92. The van der Waals surface area contributed by atoms with E-state index in [0.717, 1.165) is 0 Å². The molecule has 0 unspecified atom stereocenters. The maximum absolute atomic E-state index is 12.8. The summed E-state index contributed by atoms with van der Waals surface area (Å²) in [6.45, 7) is 3.51. The molecule has 116 valence electrons. The second kappa shape index (κ2) is 7.76. The summed E-state index contributed by atoms with van der Waals surface area (Å²) < 4.78 is 26.8. The quantitative estimate of drug-likeness (QED) is 0.832.